The molecule has 0 unspecified atom stereocenters. The third kappa shape index (κ3) is 5.61. The fourth-order valence-corrected chi connectivity index (χ4v) is 4.53. The Balaban J connectivity index is 1.82. The summed E-state index contributed by atoms with van der Waals surface area (Å²) in [6, 6.07) is 8.12. The van der Waals surface area contributed by atoms with Crippen molar-refractivity contribution in [2.45, 2.75) is 40.0 Å². The lowest BCUT2D eigenvalue weighted by Crippen LogP contribution is -2.02. The number of aromatic nitrogens is 3. The summed E-state index contributed by atoms with van der Waals surface area (Å²) in [6.45, 7) is 5.74. The van der Waals surface area contributed by atoms with Crippen LogP contribution in [0.4, 0.5) is 0 Å². The largest absolute Gasteiger partial charge is 0.496 e. The maximum absolute atomic E-state index is 6.47. The lowest BCUT2D eigenvalue weighted by molar-refractivity contribution is 0.214. The van der Waals surface area contributed by atoms with Crippen molar-refractivity contribution < 1.29 is 23.3 Å². The van der Waals surface area contributed by atoms with E-state index in [0.717, 1.165) is 46.1 Å². The third-order valence-corrected chi connectivity index (χ3v) is 6.20. The molecule has 2 aromatic heterocycles. The van der Waals surface area contributed by atoms with Crippen molar-refractivity contribution in [2.24, 2.45) is 5.16 Å². The molecule has 0 saturated heterocycles. The molecular weight excluding hydrogens is 496 g/mol. The van der Waals surface area contributed by atoms with Gasteiger partial charge in [0.05, 0.1) is 25.2 Å². The number of unbranched alkanes of at least 4 members (excludes halogenated alkanes) is 1. The predicted molar refractivity (Wildman–Crippen MR) is 141 cm³/mol. The van der Waals surface area contributed by atoms with Gasteiger partial charge in [-0.2, -0.15) is 0 Å². The highest BCUT2D eigenvalue weighted by atomic mass is 35.5. The van der Waals surface area contributed by atoms with Gasteiger partial charge in [0, 0.05) is 13.3 Å². The highest BCUT2D eigenvalue weighted by molar-refractivity contribution is 6.69. The molecule has 37 heavy (non-hydrogen) atoms. The summed E-state index contributed by atoms with van der Waals surface area (Å²) < 4.78 is 22.1. The van der Waals surface area contributed by atoms with Gasteiger partial charge in [-0.15, -0.1) is 10.2 Å². The molecule has 10 heteroatoms. The lowest BCUT2D eigenvalue weighted by atomic mass is 9.91. The van der Waals surface area contributed by atoms with Crippen molar-refractivity contribution in [3.05, 3.63) is 69.9 Å². The summed E-state index contributed by atoms with van der Waals surface area (Å²) in [5.74, 6) is 2.26. The topological polar surface area (TPSA) is 105 Å². The van der Waals surface area contributed by atoms with Crippen LogP contribution in [-0.4, -0.2) is 41.9 Å². The Morgan fingerprint density at radius 3 is 2.43 bits per heavy atom. The van der Waals surface area contributed by atoms with Crippen LogP contribution in [0.1, 0.15) is 52.4 Å². The average Bonchev–Trinajstić information content (AvgIpc) is 3.49. The second-order valence-corrected chi connectivity index (χ2v) is 8.88. The molecule has 0 saturated carbocycles. The molecule has 0 atom stereocenters. The number of ether oxygens (including phenoxy) is 2. The number of allylic oxidation sites excluding steroid dienone is 1. The molecule has 0 aliphatic carbocycles. The van der Waals surface area contributed by atoms with Crippen molar-refractivity contribution in [1.82, 2.24) is 15.4 Å². The minimum atomic E-state index is 0.197. The van der Waals surface area contributed by atoms with Gasteiger partial charge < -0.3 is 23.3 Å². The minimum absolute atomic E-state index is 0.197. The second kappa shape index (κ2) is 11.5. The molecule has 0 amide bonds. The van der Waals surface area contributed by atoms with E-state index >= 15 is 0 Å². The van der Waals surface area contributed by atoms with Crippen LogP contribution in [0, 0.1) is 20.8 Å². The first-order valence-corrected chi connectivity index (χ1v) is 12.1. The van der Waals surface area contributed by atoms with Gasteiger partial charge in [0.15, 0.2) is 10.8 Å². The molecule has 194 valence electrons. The molecule has 2 aromatic carbocycles. The van der Waals surface area contributed by atoms with Gasteiger partial charge in [-0.1, -0.05) is 22.8 Å². The van der Waals surface area contributed by atoms with Gasteiger partial charge >= 0.3 is 0 Å². The summed E-state index contributed by atoms with van der Waals surface area (Å²) in [6.07, 6.45) is 4.48. The summed E-state index contributed by atoms with van der Waals surface area (Å²) in [7, 11) is 4.63. The van der Waals surface area contributed by atoms with Gasteiger partial charge in [0.25, 0.3) is 5.88 Å². The maximum Gasteiger partial charge on any atom is 0.261 e. The Morgan fingerprint density at radius 1 is 1.00 bits per heavy atom. The molecule has 0 radical (unpaired) electrons. The van der Waals surface area contributed by atoms with Crippen LogP contribution in [0.2, 0.25) is 0 Å². The second-order valence-electron chi connectivity index (χ2n) is 8.53. The molecule has 0 spiro atoms. The predicted octanol–water partition coefficient (Wildman–Crippen LogP) is 6.15. The number of nitrogens with zero attached hydrogens (tertiary/aromatic N) is 4. The Bertz CT molecular complexity index is 1470. The molecule has 0 N–H and O–H groups in total. The number of aryl methyl sites for hydroxylation is 4. The summed E-state index contributed by atoms with van der Waals surface area (Å²) in [4.78, 5) is 4.92. The molecule has 0 aliphatic rings. The fourth-order valence-electron chi connectivity index (χ4n) is 4.32. The monoisotopic (exact) mass is 524 g/mol. The lowest BCUT2D eigenvalue weighted by Gasteiger charge is -2.16. The van der Waals surface area contributed by atoms with Gasteiger partial charge in [0.2, 0.25) is 11.8 Å². The number of fused-ring (bicyclic) bond motifs is 1. The van der Waals surface area contributed by atoms with E-state index in [1.165, 1.54) is 7.11 Å². The molecule has 4 rings (SSSR count). The van der Waals surface area contributed by atoms with Crippen molar-refractivity contribution in [3.8, 4) is 11.6 Å². The summed E-state index contributed by atoms with van der Waals surface area (Å²) >= 11 is 6.47. The molecule has 0 fully saturated rings. The normalized spacial score (nSPS) is 12.3. The van der Waals surface area contributed by atoms with Crippen molar-refractivity contribution in [2.75, 3.05) is 21.3 Å². The first-order valence-electron chi connectivity index (χ1n) is 11.8. The Morgan fingerprint density at radius 2 is 1.76 bits per heavy atom. The maximum atomic E-state index is 6.47. The zero-order valence-corrected chi connectivity index (χ0v) is 22.5. The Labute approximate surface area is 220 Å². The van der Waals surface area contributed by atoms with Gasteiger partial charge in [-0.05, 0) is 83.9 Å². The van der Waals surface area contributed by atoms with E-state index in [2.05, 4.69) is 38.7 Å². The highest BCUT2D eigenvalue weighted by Crippen LogP contribution is 2.36. The smallest absolute Gasteiger partial charge is 0.261 e. The standard InChI is InChI=1S/C27H29ClN4O5/c1-15-11-18(13-21(24(15)33-4)26(28)31-35-6)20(9-7-8-10-23-30-29-17(3)36-23)19-12-16(2)25-22(14-19)27(34-5)32-37-25/h9,11-14H,7-8,10H2,1-6H3/b20-9+,31-26-. The van der Waals surface area contributed by atoms with Crippen LogP contribution in [0.15, 0.2) is 44.4 Å². The van der Waals surface area contributed by atoms with E-state index in [1.54, 1.807) is 21.1 Å². The zero-order valence-electron chi connectivity index (χ0n) is 21.7. The number of rotatable bonds is 10. The molecule has 0 aliphatic heterocycles. The number of methoxy groups -OCH3 is 2. The van der Waals surface area contributed by atoms with Crippen molar-refractivity contribution >= 4 is 33.3 Å². The number of oxime groups is 1. The average molecular weight is 525 g/mol. The summed E-state index contributed by atoms with van der Waals surface area (Å²) in [5.41, 5.74) is 6.11. The quantitative estimate of drug-likeness (QED) is 0.138. The minimum Gasteiger partial charge on any atom is -0.496 e. The van der Waals surface area contributed by atoms with E-state index in [0.29, 0.717) is 41.0 Å². The number of benzene rings is 2. The first-order chi connectivity index (χ1) is 17.9. The number of hydrogen-bond acceptors (Lipinski definition) is 9. The van der Waals surface area contributed by atoms with Crippen molar-refractivity contribution in [3.63, 3.8) is 0 Å². The molecule has 4 aromatic rings. The van der Waals surface area contributed by atoms with Gasteiger partial charge in [0.1, 0.15) is 12.9 Å². The number of halogens is 1. The fraction of sp³-hybridized carbons (Fsp3) is 0.333. The van der Waals surface area contributed by atoms with Crippen LogP contribution >= 0.6 is 11.6 Å². The van der Waals surface area contributed by atoms with E-state index in [4.69, 9.17) is 34.9 Å². The van der Waals surface area contributed by atoms with Crippen molar-refractivity contribution in [1.29, 1.82) is 0 Å². The molecule has 0 bridgehead atoms. The van der Waals surface area contributed by atoms with E-state index in [9.17, 15) is 0 Å². The van der Waals surface area contributed by atoms with E-state index < -0.39 is 0 Å². The number of hydrogen-bond donors (Lipinski definition) is 0. The summed E-state index contributed by atoms with van der Waals surface area (Å²) in [5, 5.41) is 17.0. The zero-order chi connectivity index (χ0) is 26.5. The SMILES string of the molecule is CO/N=C(\Cl)c1cc(/C(=C\CCCc2nnc(C)o2)c2cc(C)c3onc(OC)c3c2)cc(C)c1OC. The Kier molecular flexibility index (Phi) is 8.13. The van der Waals surface area contributed by atoms with Crippen LogP contribution in [0.5, 0.6) is 11.6 Å². The van der Waals surface area contributed by atoms with Crippen LogP contribution < -0.4 is 9.47 Å². The van der Waals surface area contributed by atoms with E-state index in [1.807, 2.05) is 26.0 Å². The first kappa shape index (κ1) is 26.2. The molecule has 2 heterocycles. The Hall–Kier alpha value is -3.85. The molecule has 9 nitrogen and oxygen atoms in total. The van der Waals surface area contributed by atoms with Crippen LogP contribution in [0.25, 0.3) is 16.5 Å². The third-order valence-electron chi connectivity index (χ3n) is 5.92. The van der Waals surface area contributed by atoms with Gasteiger partial charge in [-0.3, -0.25) is 0 Å². The van der Waals surface area contributed by atoms with E-state index in [-0.39, 0.29) is 5.17 Å². The van der Waals surface area contributed by atoms with Gasteiger partial charge in [-0.25, -0.2) is 0 Å². The van der Waals surface area contributed by atoms with Crippen LogP contribution in [-0.2, 0) is 11.3 Å². The highest BCUT2D eigenvalue weighted by Gasteiger charge is 2.19. The van der Waals surface area contributed by atoms with Crippen LogP contribution in [0.3, 0.4) is 0 Å². The molecular formula is C27H29ClN4O5.